The first-order valence-electron chi connectivity index (χ1n) is 10.2. The minimum Gasteiger partial charge on any atom is -0.543 e. The summed E-state index contributed by atoms with van der Waals surface area (Å²) in [5.74, 6) is 6.07. The molecular weight excluding hydrogens is 384 g/mol. The molecule has 1 aromatic rings. The van der Waals surface area contributed by atoms with Crippen LogP contribution in [0.4, 0.5) is 0 Å². The lowest BCUT2D eigenvalue weighted by Gasteiger charge is -2.36. The van der Waals surface area contributed by atoms with Crippen LogP contribution in [-0.2, 0) is 14.2 Å². The Labute approximate surface area is 176 Å². The van der Waals surface area contributed by atoms with Crippen molar-refractivity contribution in [2.75, 3.05) is 26.4 Å². The maximum Gasteiger partial charge on any atom is 0.250 e. The molecule has 0 unspecified atom stereocenters. The summed E-state index contributed by atoms with van der Waals surface area (Å²) in [4.78, 5) is 12.8. The minimum absolute atomic E-state index is 0.0412. The quantitative estimate of drug-likeness (QED) is 0.148. The molecule has 0 aliphatic carbocycles. The van der Waals surface area contributed by atoms with E-state index in [1.165, 1.54) is 0 Å². The highest BCUT2D eigenvalue weighted by Gasteiger charge is 2.51. The number of benzene rings is 1. The van der Waals surface area contributed by atoms with Crippen molar-refractivity contribution in [3.8, 4) is 17.6 Å². The fourth-order valence-corrected chi connectivity index (χ4v) is 3.47. The van der Waals surface area contributed by atoms with Gasteiger partial charge in [0.2, 0.25) is 5.78 Å². The SMILES string of the molecule is CCOCCOC[C@@H]1O[C@@]1(C)C#CC(=O)c1ccccc1O[Si](C)(C)C(C)(C)C. The van der Waals surface area contributed by atoms with E-state index in [-0.39, 0.29) is 16.9 Å². The number of carbonyl (C=O) groups is 1. The lowest BCUT2D eigenvalue weighted by molar-refractivity contribution is 0.0464. The summed E-state index contributed by atoms with van der Waals surface area (Å²) in [7, 11) is -2.06. The van der Waals surface area contributed by atoms with Gasteiger partial charge >= 0.3 is 0 Å². The van der Waals surface area contributed by atoms with Crippen LogP contribution in [0.5, 0.6) is 5.75 Å². The third-order valence-electron chi connectivity index (χ3n) is 5.52. The van der Waals surface area contributed by atoms with E-state index in [0.29, 0.717) is 37.7 Å². The summed E-state index contributed by atoms with van der Waals surface area (Å²) < 4.78 is 22.8. The molecule has 0 spiro atoms. The number of hydrogen-bond donors (Lipinski definition) is 0. The van der Waals surface area contributed by atoms with Gasteiger partial charge < -0.3 is 18.6 Å². The summed E-state index contributed by atoms with van der Waals surface area (Å²) in [6, 6.07) is 7.33. The predicted molar refractivity (Wildman–Crippen MR) is 117 cm³/mol. The van der Waals surface area contributed by atoms with Crippen molar-refractivity contribution in [1.29, 1.82) is 0 Å². The molecule has 1 aromatic carbocycles. The van der Waals surface area contributed by atoms with Gasteiger partial charge in [0.05, 0.1) is 25.4 Å². The van der Waals surface area contributed by atoms with Crippen molar-refractivity contribution in [3.63, 3.8) is 0 Å². The minimum atomic E-state index is -2.06. The second kappa shape index (κ2) is 9.44. The van der Waals surface area contributed by atoms with Crippen molar-refractivity contribution >= 4 is 14.1 Å². The Bertz CT molecular complexity index is 771. The van der Waals surface area contributed by atoms with Gasteiger partial charge in [0.15, 0.2) is 5.60 Å². The molecule has 2 atom stereocenters. The average Bonchev–Trinajstić information content (AvgIpc) is 3.29. The molecule has 0 aromatic heterocycles. The lowest BCUT2D eigenvalue weighted by Crippen LogP contribution is -2.44. The van der Waals surface area contributed by atoms with Gasteiger partial charge in [-0.15, -0.1) is 0 Å². The fourth-order valence-electron chi connectivity index (χ4n) is 2.44. The summed E-state index contributed by atoms with van der Waals surface area (Å²) in [6.45, 7) is 16.9. The monoisotopic (exact) mass is 418 g/mol. The highest BCUT2D eigenvalue weighted by Crippen LogP contribution is 2.38. The first-order chi connectivity index (χ1) is 13.5. The Morgan fingerprint density at radius 2 is 1.86 bits per heavy atom. The number of ketones is 1. The Hall–Kier alpha value is -1.65. The highest BCUT2D eigenvalue weighted by molar-refractivity contribution is 6.74. The van der Waals surface area contributed by atoms with Gasteiger partial charge in [-0.25, -0.2) is 0 Å². The number of ether oxygens (including phenoxy) is 3. The van der Waals surface area contributed by atoms with Crippen molar-refractivity contribution in [2.45, 2.75) is 64.5 Å². The van der Waals surface area contributed by atoms with Crippen molar-refractivity contribution in [1.82, 2.24) is 0 Å². The third-order valence-corrected chi connectivity index (χ3v) is 9.86. The number of para-hydroxylation sites is 1. The molecule has 1 aliphatic heterocycles. The molecule has 160 valence electrons. The van der Waals surface area contributed by atoms with E-state index in [0.717, 1.165) is 0 Å². The van der Waals surface area contributed by atoms with Crippen molar-refractivity contribution in [2.24, 2.45) is 0 Å². The Morgan fingerprint density at radius 1 is 1.21 bits per heavy atom. The van der Waals surface area contributed by atoms with Crippen LogP contribution in [0, 0.1) is 11.8 Å². The zero-order valence-electron chi connectivity index (χ0n) is 18.8. The predicted octanol–water partition coefficient (Wildman–Crippen LogP) is 4.47. The molecule has 0 radical (unpaired) electrons. The first-order valence-corrected chi connectivity index (χ1v) is 13.1. The summed E-state index contributed by atoms with van der Waals surface area (Å²) in [5, 5.41) is 0.0412. The number of hydrogen-bond acceptors (Lipinski definition) is 5. The Morgan fingerprint density at radius 3 is 2.52 bits per heavy atom. The van der Waals surface area contributed by atoms with E-state index in [1.807, 2.05) is 32.0 Å². The number of rotatable bonds is 9. The second-order valence-electron chi connectivity index (χ2n) is 8.92. The van der Waals surface area contributed by atoms with E-state index in [1.54, 1.807) is 6.07 Å². The smallest absolute Gasteiger partial charge is 0.250 e. The van der Waals surface area contributed by atoms with Gasteiger partial charge in [0.25, 0.3) is 8.32 Å². The summed E-state index contributed by atoms with van der Waals surface area (Å²) in [6.07, 6.45) is -0.122. The van der Waals surface area contributed by atoms with Gasteiger partial charge in [-0.05, 0) is 50.0 Å². The largest absolute Gasteiger partial charge is 0.543 e. The van der Waals surface area contributed by atoms with Crippen LogP contribution in [0.15, 0.2) is 24.3 Å². The molecule has 0 N–H and O–H groups in total. The Balaban J connectivity index is 2.01. The number of carbonyl (C=O) groups excluding carboxylic acids is 1. The molecule has 0 saturated carbocycles. The summed E-state index contributed by atoms with van der Waals surface area (Å²) >= 11 is 0. The first kappa shape index (κ1) is 23.6. The van der Waals surface area contributed by atoms with Gasteiger partial charge in [0.1, 0.15) is 11.9 Å². The summed E-state index contributed by atoms with van der Waals surface area (Å²) in [5.41, 5.74) is -0.144. The van der Waals surface area contributed by atoms with Crippen molar-refractivity contribution in [3.05, 3.63) is 29.8 Å². The lowest BCUT2D eigenvalue weighted by atomic mass is 10.1. The fraction of sp³-hybridized carbons (Fsp3) is 0.609. The number of Topliss-reactive ketones (excluding diaryl/α,β-unsaturated/α-hetero) is 1. The molecule has 1 aliphatic rings. The van der Waals surface area contributed by atoms with E-state index in [9.17, 15) is 4.79 Å². The average molecular weight is 419 g/mol. The standard InChI is InChI=1S/C23H34O5Si/c1-8-25-15-16-26-17-21-23(5,27-21)14-13-19(24)18-11-9-10-12-20(18)28-29(6,7)22(2,3)4/h9-12,21H,8,15-17H2,1-7H3/t21-,23-/m0/s1. The Kier molecular flexibility index (Phi) is 7.69. The van der Waals surface area contributed by atoms with Crippen LogP contribution in [0.3, 0.4) is 0 Å². The highest BCUT2D eigenvalue weighted by atomic mass is 28.4. The van der Waals surface area contributed by atoms with Gasteiger partial charge in [0, 0.05) is 6.61 Å². The van der Waals surface area contributed by atoms with E-state index in [2.05, 4.69) is 45.7 Å². The van der Waals surface area contributed by atoms with Gasteiger partial charge in [-0.2, -0.15) is 0 Å². The molecule has 0 amide bonds. The van der Waals surface area contributed by atoms with E-state index in [4.69, 9.17) is 18.6 Å². The number of epoxide rings is 1. The van der Waals surface area contributed by atoms with Crippen LogP contribution in [0.2, 0.25) is 18.1 Å². The molecule has 0 bridgehead atoms. The molecular formula is C23H34O5Si. The van der Waals surface area contributed by atoms with Crippen LogP contribution in [0.25, 0.3) is 0 Å². The van der Waals surface area contributed by atoms with E-state index >= 15 is 0 Å². The van der Waals surface area contributed by atoms with Crippen LogP contribution in [0.1, 0.15) is 45.0 Å². The molecule has 1 heterocycles. The van der Waals surface area contributed by atoms with Crippen LogP contribution >= 0.6 is 0 Å². The maximum atomic E-state index is 12.8. The van der Waals surface area contributed by atoms with Crippen LogP contribution < -0.4 is 4.43 Å². The molecule has 1 saturated heterocycles. The maximum absolute atomic E-state index is 12.8. The topological polar surface area (TPSA) is 57.3 Å². The van der Waals surface area contributed by atoms with Crippen molar-refractivity contribution < 1.29 is 23.4 Å². The van der Waals surface area contributed by atoms with E-state index < -0.39 is 13.9 Å². The molecule has 5 nitrogen and oxygen atoms in total. The molecule has 29 heavy (non-hydrogen) atoms. The zero-order valence-corrected chi connectivity index (χ0v) is 19.8. The molecule has 6 heteroatoms. The van der Waals surface area contributed by atoms with Gasteiger partial charge in [-0.1, -0.05) is 38.8 Å². The normalized spacial score (nSPS) is 21.3. The second-order valence-corrected chi connectivity index (χ2v) is 13.6. The third kappa shape index (κ3) is 6.41. The molecule has 1 fully saturated rings. The van der Waals surface area contributed by atoms with Crippen LogP contribution in [-0.4, -0.2) is 52.2 Å². The zero-order chi connectivity index (χ0) is 21.7. The molecule has 2 rings (SSSR count). The van der Waals surface area contributed by atoms with Gasteiger partial charge in [-0.3, -0.25) is 4.79 Å².